The van der Waals surface area contributed by atoms with Gasteiger partial charge in [0.25, 0.3) is 0 Å². The molecular formula is C14H21FN2O3S. The van der Waals surface area contributed by atoms with Crippen LogP contribution in [0.4, 0.5) is 10.1 Å². The minimum absolute atomic E-state index is 0.107. The zero-order valence-corrected chi connectivity index (χ0v) is 13.3. The van der Waals surface area contributed by atoms with E-state index in [1.807, 2.05) is 6.92 Å². The number of sulfonamides is 1. The second-order valence-electron chi connectivity index (χ2n) is 5.44. The van der Waals surface area contributed by atoms with E-state index in [-0.39, 0.29) is 22.3 Å². The van der Waals surface area contributed by atoms with Gasteiger partial charge in [0, 0.05) is 19.7 Å². The van der Waals surface area contributed by atoms with Crippen molar-refractivity contribution < 1.29 is 17.5 Å². The average molecular weight is 316 g/mol. The maximum Gasteiger partial charge on any atom is 0.243 e. The number of anilines is 1. The monoisotopic (exact) mass is 316 g/mol. The van der Waals surface area contributed by atoms with Gasteiger partial charge in [-0.15, -0.1) is 0 Å². The first kappa shape index (κ1) is 16.2. The fraction of sp³-hybridized carbons (Fsp3) is 0.571. The Kier molecular flexibility index (Phi) is 4.55. The fourth-order valence-electron chi connectivity index (χ4n) is 2.63. The summed E-state index contributed by atoms with van der Waals surface area (Å²) in [6, 6.07) is 1.17. The number of hydrogen-bond donors (Lipinski definition) is 1. The van der Waals surface area contributed by atoms with Crippen LogP contribution in [0.5, 0.6) is 0 Å². The first-order valence-corrected chi connectivity index (χ1v) is 8.36. The van der Waals surface area contributed by atoms with E-state index in [1.54, 1.807) is 6.92 Å². The molecule has 1 aromatic rings. The van der Waals surface area contributed by atoms with Gasteiger partial charge in [0.15, 0.2) is 0 Å². The lowest BCUT2D eigenvalue weighted by molar-refractivity contribution is 0.0752. The molecule has 7 heteroatoms. The minimum atomic E-state index is -3.71. The number of aryl methyl sites for hydroxylation is 1. The highest BCUT2D eigenvalue weighted by atomic mass is 32.2. The number of ether oxygens (including phenoxy) is 1. The van der Waals surface area contributed by atoms with Crippen LogP contribution >= 0.6 is 0 Å². The van der Waals surface area contributed by atoms with Crippen LogP contribution in [0, 0.1) is 19.7 Å². The van der Waals surface area contributed by atoms with E-state index < -0.39 is 15.8 Å². The van der Waals surface area contributed by atoms with Gasteiger partial charge >= 0.3 is 0 Å². The Bertz CT molecular complexity index is 646. The van der Waals surface area contributed by atoms with Crippen LogP contribution in [0.1, 0.15) is 24.5 Å². The number of halogens is 1. The van der Waals surface area contributed by atoms with Crippen LogP contribution < -0.4 is 5.73 Å². The lowest BCUT2D eigenvalue weighted by atomic mass is 10.1. The number of benzene rings is 1. The zero-order valence-electron chi connectivity index (χ0n) is 12.5. The van der Waals surface area contributed by atoms with Gasteiger partial charge in [0.1, 0.15) is 5.82 Å². The van der Waals surface area contributed by atoms with Crippen molar-refractivity contribution in [1.82, 2.24) is 4.31 Å². The van der Waals surface area contributed by atoms with Crippen molar-refractivity contribution in [3.8, 4) is 0 Å². The lowest BCUT2D eigenvalue weighted by Gasteiger charge is -2.24. The molecule has 2 rings (SSSR count). The van der Waals surface area contributed by atoms with E-state index in [4.69, 9.17) is 10.5 Å². The molecule has 21 heavy (non-hydrogen) atoms. The molecule has 5 nitrogen and oxygen atoms in total. The number of nitrogens with zero attached hydrogens (tertiary/aromatic N) is 1. The summed E-state index contributed by atoms with van der Waals surface area (Å²) >= 11 is 0. The Labute approximate surface area is 124 Å². The van der Waals surface area contributed by atoms with Crippen molar-refractivity contribution in [3.63, 3.8) is 0 Å². The van der Waals surface area contributed by atoms with E-state index in [1.165, 1.54) is 17.3 Å². The highest BCUT2D eigenvalue weighted by Crippen LogP contribution is 2.30. The molecule has 1 aliphatic rings. The summed E-state index contributed by atoms with van der Waals surface area (Å²) in [4.78, 5) is 0.107. The van der Waals surface area contributed by atoms with Crippen molar-refractivity contribution >= 4 is 15.7 Å². The van der Waals surface area contributed by atoms with Gasteiger partial charge in [-0.2, -0.15) is 4.31 Å². The molecule has 1 aromatic carbocycles. The molecule has 1 atom stereocenters. The normalized spacial score (nSPS) is 21.2. The number of nitrogens with two attached hydrogens (primary N) is 1. The fourth-order valence-corrected chi connectivity index (χ4v) is 4.63. The second kappa shape index (κ2) is 5.90. The van der Waals surface area contributed by atoms with Crippen LogP contribution in [0.25, 0.3) is 0 Å². The smallest absolute Gasteiger partial charge is 0.243 e. The molecule has 0 spiro atoms. The predicted octanol–water partition coefficient (Wildman–Crippen LogP) is 1.82. The van der Waals surface area contributed by atoms with E-state index in [0.717, 1.165) is 0 Å². The van der Waals surface area contributed by atoms with Crippen LogP contribution in [-0.2, 0) is 14.8 Å². The van der Waals surface area contributed by atoms with Crippen molar-refractivity contribution in [3.05, 3.63) is 23.0 Å². The first-order valence-electron chi connectivity index (χ1n) is 6.92. The standard InChI is InChI=1S/C14H21FN2O3S/c1-9-7-12(15)13(16)11(3)14(9)21(18,19)17-5-4-6-20-10(2)8-17/h7,10H,4-6,8,16H2,1-3H3. The molecular weight excluding hydrogens is 295 g/mol. The number of rotatable bonds is 2. The Morgan fingerprint density at radius 2 is 2.10 bits per heavy atom. The molecule has 0 aromatic heterocycles. The molecule has 1 heterocycles. The van der Waals surface area contributed by atoms with E-state index in [9.17, 15) is 12.8 Å². The highest BCUT2D eigenvalue weighted by molar-refractivity contribution is 7.89. The maximum atomic E-state index is 13.6. The minimum Gasteiger partial charge on any atom is -0.396 e. The summed E-state index contributed by atoms with van der Waals surface area (Å²) in [6.07, 6.45) is 0.471. The lowest BCUT2D eigenvalue weighted by Crippen LogP contribution is -2.36. The Morgan fingerprint density at radius 3 is 2.76 bits per heavy atom. The highest BCUT2D eigenvalue weighted by Gasteiger charge is 2.31. The third kappa shape index (κ3) is 3.04. The topological polar surface area (TPSA) is 72.6 Å². The average Bonchev–Trinajstić information content (AvgIpc) is 2.61. The zero-order chi connectivity index (χ0) is 15.8. The van der Waals surface area contributed by atoms with Gasteiger partial charge in [-0.3, -0.25) is 0 Å². The summed E-state index contributed by atoms with van der Waals surface area (Å²) in [5.74, 6) is -0.587. The van der Waals surface area contributed by atoms with Crippen LogP contribution in [0.15, 0.2) is 11.0 Å². The van der Waals surface area contributed by atoms with Crippen LogP contribution in [0.3, 0.4) is 0 Å². The SMILES string of the molecule is Cc1cc(F)c(N)c(C)c1S(=O)(=O)N1CCCOC(C)C1. The molecule has 1 saturated heterocycles. The van der Waals surface area contributed by atoms with Crippen molar-refractivity contribution in [1.29, 1.82) is 0 Å². The van der Waals surface area contributed by atoms with Crippen LogP contribution in [0.2, 0.25) is 0 Å². The second-order valence-corrected chi connectivity index (χ2v) is 7.32. The molecule has 0 bridgehead atoms. The van der Waals surface area contributed by atoms with Gasteiger partial charge in [-0.05, 0) is 44.4 Å². The Morgan fingerprint density at radius 1 is 1.43 bits per heavy atom. The number of hydrogen-bond acceptors (Lipinski definition) is 4. The quantitative estimate of drug-likeness (QED) is 0.845. The summed E-state index contributed by atoms with van der Waals surface area (Å²) in [5, 5.41) is 0. The van der Waals surface area contributed by atoms with Crippen molar-refractivity contribution in [2.24, 2.45) is 0 Å². The molecule has 0 radical (unpaired) electrons. The molecule has 0 aliphatic carbocycles. The van der Waals surface area contributed by atoms with Gasteiger partial charge < -0.3 is 10.5 Å². The first-order chi connectivity index (χ1) is 9.75. The molecule has 2 N–H and O–H groups in total. The van der Waals surface area contributed by atoms with Gasteiger partial charge in [-0.1, -0.05) is 0 Å². The van der Waals surface area contributed by atoms with Crippen molar-refractivity contribution in [2.75, 3.05) is 25.4 Å². The molecule has 118 valence electrons. The number of nitrogen functional groups attached to an aromatic ring is 1. The maximum absolute atomic E-state index is 13.6. The largest absolute Gasteiger partial charge is 0.396 e. The van der Waals surface area contributed by atoms with Crippen LogP contribution in [-0.4, -0.2) is 38.5 Å². The summed E-state index contributed by atoms with van der Waals surface area (Å²) in [7, 11) is -3.71. The van der Waals surface area contributed by atoms with E-state index >= 15 is 0 Å². The van der Waals surface area contributed by atoms with Gasteiger partial charge in [0.05, 0.1) is 16.7 Å². The predicted molar refractivity (Wildman–Crippen MR) is 79.1 cm³/mol. The van der Waals surface area contributed by atoms with Gasteiger partial charge in [0.2, 0.25) is 10.0 Å². The van der Waals surface area contributed by atoms with Crippen molar-refractivity contribution in [2.45, 2.75) is 38.2 Å². The molecule has 1 aliphatic heterocycles. The third-order valence-corrected chi connectivity index (χ3v) is 5.87. The summed E-state index contributed by atoms with van der Waals surface area (Å²) in [6.45, 7) is 6.18. The molecule has 0 saturated carbocycles. The summed E-state index contributed by atoms with van der Waals surface area (Å²) in [5.41, 5.74) is 6.18. The Balaban J connectivity index is 2.51. The van der Waals surface area contributed by atoms with E-state index in [2.05, 4.69) is 0 Å². The Hall–Kier alpha value is -1.18. The molecule has 1 unspecified atom stereocenters. The van der Waals surface area contributed by atoms with Gasteiger partial charge in [-0.25, -0.2) is 12.8 Å². The molecule has 1 fully saturated rings. The third-order valence-electron chi connectivity index (χ3n) is 3.72. The molecule has 0 amide bonds. The van der Waals surface area contributed by atoms with E-state index in [0.29, 0.717) is 31.7 Å². The summed E-state index contributed by atoms with van der Waals surface area (Å²) < 4.78 is 46.3.